The number of hydrogen-bond donors (Lipinski definition) is 2. The number of nitrogens with zero attached hydrogens (tertiary/aromatic N) is 3. The molecule has 2 aromatic heterocycles. The summed E-state index contributed by atoms with van der Waals surface area (Å²) in [7, 11) is -3.40. The highest BCUT2D eigenvalue weighted by molar-refractivity contribution is 7.92. The maximum absolute atomic E-state index is 11.8. The predicted octanol–water partition coefficient (Wildman–Crippen LogP) is 6.31. The number of sulfonamides is 1. The molecule has 0 amide bonds. The standard InChI is InChI=1S/C29H30ClN5O2S2/c1-17-9-10-21(30)16-26(17)34-19(3)15-23(20(34)4)28-27(25-8-6-7-13-31-25)32-29(38)35(28)22-11-12-24(18(2)14-22)33-39(5,36)37/h6-16,27-28,33H,1-5H3,(H,32,38)/t27-,28-/m0/s1. The van der Waals surface area contributed by atoms with Crippen molar-refractivity contribution in [3.05, 3.63) is 106 Å². The maximum Gasteiger partial charge on any atom is 0.229 e. The van der Waals surface area contributed by atoms with Crippen LogP contribution in [0, 0.1) is 27.7 Å². The average Bonchev–Trinajstić information content (AvgIpc) is 3.37. The second-order valence-corrected chi connectivity index (χ2v) is 12.5. The maximum atomic E-state index is 11.8. The third-order valence-corrected chi connectivity index (χ3v) is 8.22. The summed E-state index contributed by atoms with van der Waals surface area (Å²) in [5.41, 5.74) is 8.47. The van der Waals surface area contributed by atoms with Crippen molar-refractivity contribution < 1.29 is 8.42 Å². The zero-order valence-corrected chi connectivity index (χ0v) is 24.7. The monoisotopic (exact) mass is 579 g/mol. The van der Waals surface area contributed by atoms with Gasteiger partial charge in [0.25, 0.3) is 0 Å². The molecular weight excluding hydrogens is 550 g/mol. The van der Waals surface area contributed by atoms with Crippen molar-refractivity contribution in [1.82, 2.24) is 14.9 Å². The Labute approximate surface area is 239 Å². The summed E-state index contributed by atoms with van der Waals surface area (Å²) in [5.74, 6) is 0. The first-order valence-electron chi connectivity index (χ1n) is 12.5. The van der Waals surface area contributed by atoms with Crippen LogP contribution in [0.1, 0.15) is 45.9 Å². The summed E-state index contributed by atoms with van der Waals surface area (Å²) >= 11 is 12.3. The number of nitrogens with one attached hydrogen (secondary N) is 2. The summed E-state index contributed by atoms with van der Waals surface area (Å²) in [6.45, 7) is 8.16. The zero-order valence-electron chi connectivity index (χ0n) is 22.4. The van der Waals surface area contributed by atoms with E-state index in [0.29, 0.717) is 15.8 Å². The molecule has 2 N–H and O–H groups in total. The molecule has 5 rings (SSSR count). The Morgan fingerprint density at radius 3 is 2.44 bits per heavy atom. The summed E-state index contributed by atoms with van der Waals surface area (Å²) in [6, 6.07) is 19.2. The summed E-state index contributed by atoms with van der Waals surface area (Å²) in [4.78, 5) is 6.76. The molecule has 1 fully saturated rings. The van der Waals surface area contributed by atoms with Gasteiger partial charge in [-0.25, -0.2) is 8.42 Å². The van der Waals surface area contributed by atoms with E-state index in [1.165, 1.54) is 0 Å². The van der Waals surface area contributed by atoms with Crippen LogP contribution in [-0.2, 0) is 10.0 Å². The number of hydrogen-bond acceptors (Lipinski definition) is 4. The zero-order chi connectivity index (χ0) is 28.1. The first-order chi connectivity index (χ1) is 18.4. The molecule has 202 valence electrons. The molecule has 0 unspecified atom stereocenters. The van der Waals surface area contributed by atoms with E-state index in [1.807, 2.05) is 55.5 Å². The highest BCUT2D eigenvalue weighted by atomic mass is 35.5. The molecule has 1 aliphatic heterocycles. The average molecular weight is 580 g/mol. The Morgan fingerprint density at radius 1 is 1.00 bits per heavy atom. The Bertz CT molecular complexity index is 1690. The van der Waals surface area contributed by atoms with Gasteiger partial charge in [-0.15, -0.1) is 0 Å². The van der Waals surface area contributed by atoms with Gasteiger partial charge in [0.2, 0.25) is 10.0 Å². The lowest BCUT2D eigenvalue weighted by atomic mass is 9.96. The number of thiocarbonyl (C=S) groups is 1. The number of aromatic nitrogens is 2. The minimum absolute atomic E-state index is 0.206. The van der Waals surface area contributed by atoms with Crippen LogP contribution < -0.4 is 14.9 Å². The van der Waals surface area contributed by atoms with Crippen molar-refractivity contribution in [1.29, 1.82) is 0 Å². The summed E-state index contributed by atoms with van der Waals surface area (Å²) < 4.78 is 28.5. The first-order valence-corrected chi connectivity index (χ1v) is 15.2. The van der Waals surface area contributed by atoms with Gasteiger partial charge in [0, 0.05) is 34.0 Å². The van der Waals surface area contributed by atoms with Crippen molar-refractivity contribution in [2.24, 2.45) is 0 Å². The molecule has 1 saturated heterocycles. The quantitative estimate of drug-likeness (QED) is 0.261. The van der Waals surface area contributed by atoms with Crippen LogP contribution >= 0.6 is 23.8 Å². The van der Waals surface area contributed by atoms with Gasteiger partial charge in [-0.2, -0.15) is 0 Å². The van der Waals surface area contributed by atoms with E-state index in [4.69, 9.17) is 23.8 Å². The molecule has 1 aliphatic rings. The van der Waals surface area contributed by atoms with E-state index in [2.05, 4.69) is 51.3 Å². The minimum Gasteiger partial charge on any atom is -0.351 e. The molecule has 0 bridgehead atoms. The van der Waals surface area contributed by atoms with E-state index in [0.717, 1.165) is 51.4 Å². The summed E-state index contributed by atoms with van der Waals surface area (Å²) in [6.07, 6.45) is 2.93. The third kappa shape index (κ3) is 5.26. The Hall–Kier alpha value is -3.40. The largest absolute Gasteiger partial charge is 0.351 e. The highest BCUT2D eigenvalue weighted by Crippen LogP contribution is 2.44. The van der Waals surface area contributed by atoms with Gasteiger partial charge in [0.05, 0.1) is 29.7 Å². The normalized spacial score (nSPS) is 17.4. The van der Waals surface area contributed by atoms with Crippen molar-refractivity contribution >= 4 is 50.3 Å². The van der Waals surface area contributed by atoms with Gasteiger partial charge in [-0.05, 0) is 105 Å². The number of anilines is 2. The molecule has 10 heteroatoms. The van der Waals surface area contributed by atoms with Gasteiger partial charge >= 0.3 is 0 Å². The number of rotatable bonds is 6. The number of aryl methyl sites for hydroxylation is 3. The Kier molecular flexibility index (Phi) is 7.17. The van der Waals surface area contributed by atoms with Crippen molar-refractivity contribution in [3.8, 4) is 5.69 Å². The van der Waals surface area contributed by atoms with E-state index in [1.54, 1.807) is 12.3 Å². The lowest BCUT2D eigenvalue weighted by molar-refractivity contribution is 0.565. The smallest absolute Gasteiger partial charge is 0.229 e. The van der Waals surface area contributed by atoms with Gasteiger partial charge in [0.15, 0.2) is 5.11 Å². The van der Waals surface area contributed by atoms with E-state index in [-0.39, 0.29) is 12.1 Å². The Morgan fingerprint density at radius 2 is 1.77 bits per heavy atom. The number of benzene rings is 2. The number of halogens is 1. The van der Waals surface area contributed by atoms with Crippen LogP contribution in [0.15, 0.2) is 66.9 Å². The molecule has 0 spiro atoms. The Balaban J connectivity index is 1.67. The molecule has 3 heterocycles. The van der Waals surface area contributed by atoms with Gasteiger partial charge in [-0.1, -0.05) is 23.7 Å². The van der Waals surface area contributed by atoms with Crippen molar-refractivity contribution in [2.45, 2.75) is 39.8 Å². The lowest BCUT2D eigenvalue weighted by Gasteiger charge is -2.29. The lowest BCUT2D eigenvalue weighted by Crippen LogP contribution is -2.29. The van der Waals surface area contributed by atoms with E-state index in [9.17, 15) is 8.42 Å². The molecule has 2 aromatic carbocycles. The van der Waals surface area contributed by atoms with Gasteiger partial charge < -0.3 is 14.8 Å². The predicted molar refractivity (Wildman–Crippen MR) is 163 cm³/mol. The molecule has 0 radical (unpaired) electrons. The molecule has 0 saturated carbocycles. The topological polar surface area (TPSA) is 79.3 Å². The van der Waals surface area contributed by atoms with Crippen LogP contribution in [0.5, 0.6) is 0 Å². The fourth-order valence-electron chi connectivity index (χ4n) is 5.34. The van der Waals surface area contributed by atoms with Crippen LogP contribution in [0.4, 0.5) is 11.4 Å². The van der Waals surface area contributed by atoms with Crippen molar-refractivity contribution in [3.63, 3.8) is 0 Å². The van der Waals surface area contributed by atoms with Crippen LogP contribution in [0.25, 0.3) is 5.69 Å². The van der Waals surface area contributed by atoms with Gasteiger partial charge in [0.1, 0.15) is 0 Å². The van der Waals surface area contributed by atoms with Crippen LogP contribution in [0.2, 0.25) is 5.02 Å². The molecule has 0 aliphatic carbocycles. The fraction of sp³-hybridized carbons (Fsp3) is 0.241. The van der Waals surface area contributed by atoms with E-state index < -0.39 is 10.0 Å². The third-order valence-electron chi connectivity index (χ3n) is 7.08. The fourth-order valence-corrected chi connectivity index (χ4v) is 6.48. The second kappa shape index (κ2) is 10.3. The SMILES string of the molecule is Cc1cc(N2C(=S)N[C@@H](c3ccccn3)[C@@H]2c2cc(C)n(-c3cc(Cl)ccc3C)c2C)ccc1NS(C)(=O)=O. The molecule has 4 aromatic rings. The van der Waals surface area contributed by atoms with Gasteiger partial charge in [-0.3, -0.25) is 9.71 Å². The molecule has 39 heavy (non-hydrogen) atoms. The summed E-state index contributed by atoms with van der Waals surface area (Å²) in [5, 5.41) is 4.76. The highest BCUT2D eigenvalue weighted by Gasteiger charge is 2.42. The van der Waals surface area contributed by atoms with E-state index >= 15 is 0 Å². The van der Waals surface area contributed by atoms with Crippen LogP contribution in [-0.4, -0.2) is 29.3 Å². The molecular formula is C29H30ClN5O2S2. The molecule has 2 atom stereocenters. The minimum atomic E-state index is -3.40. The first kappa shape index (κ1) is 27.2. The molecule has 7 nitrogen and oxygen atoms in total. The van der Waals surface area contributed by atoms with Crippen LogP contribution in [0.3, 0.4) is 0 Å². The second-order valence-electron chi connectivity index (χ2n) is 9.96. The van der Waals surface area contributed by atoms with Crippen molar-refractivity contribution in [2.75, 3.05) is 15.9 Å². The number of pyridine rings is 1.